The summed E-state index contributed by atoms with van der Waals surface area (Å²) < 4.78 is 11.1. The Morgan fingerprint density at radius 1 is 1.14 bits per heavy atom. The number of anilines is 1. The highest BCUT2D eigenvalue weighted by atomic mass is 32.1. The van der Waals surface area contributed by atoms with Crippen LogP contribution in [-0.4, -0.2) is 45.2 Å². The molecular formula is C18H12N4O5S2. The van der Waals surface area contributed by atoms with Crippen LogP contribution in [0.5, 0.6) is 11.5 Å². The minimum atomic E-state index is -0.844. The Labute approximate surface area is 171 Å². The highest BCUT2D eigenvalue weighted by molar-refractivity contribution is 7.13. The van der Waals surface area contributed by atoms with Crippen LogP contribution in [0.2, 0.25) is 0 Å². The number of ether oxygens (including phenoxy) is 2. The van der Waals surface area contributed by atoms with Gasteiger partial charge in [0, 0.05) is 11.8 Å². The molecule has 11 heteroatoms. The van der Waals surface area contributed by atoms with Gasteiger partial charge in [-0.15, -0.1) is 21.5 Å². The fraction of sp³-hybridized carbons (Fsp3) is 0.167. The highest BCUT2D eigenvalue weighted by Crippen LogP contribution is 2.44. The lowest BCUT2D eigenvalue weighted by Crippen LogP contribution is -2.29. The number of hydrogen-bond donors (Lipinski definition) is 1. The molecule has 0 bridgehead atoms. The summed E-state index contributed by atoms with van der Waals surface area (Å²) in [5, 5.41) is 19.0. The number of fused-ring (bicyclic) bond motifs is 1. The summed E-state index contributed by atoms with van der Waals surface area (Å²) in [6.07, 6.45) is 1.56. The number of carbonyl (C=O) groups excluding carboxylic acids is 2. The van der Waals surface area contributed by atoms with Gasteiger partial charge in [-0.1, -0.05) is 11.3 Å². The molecule has 3 aromatic rings. The number of ketones is 1. The maximum Gasteiger partial charge on any atom is 0.301 e. The molecule has 29 heavy (non-hydrogen) atoms. The number of amides is 1. The lowest BCUT2D eigenvalue weighted by molar-refractivity contribution is -0.132. The fourth-order valence-corrected chi connectivity index (χ4v) is 4.58. The second kappa shape index (κ2) is 6.94. The second-order valence-electron chi connectivity index (χ2n) is 6.15. The van der Waals surface area contributed by atoms with Crippen molar-refractivity contribution in [1.29, 1.82) is 0 Å². The number of aromatic nitrogens is 3. The maximum atomic E-state index is 12.9. The first-order valence-corrected chi connectivity index (χ1v) is 10.3. The van der Waals surface area contributed by atoms with Crippen molar-refractivity contribution >= 4 is 45.3 Å². The van der Waals surface area contributed by atoms with E-state index in [0.29, 0.717) is 35.2 Å². The molecule has 1 fully saturated rings. The quantitative estimate of drug-likeness (QED) is 0.384. The van der Waals surface area contributed by atoms with Crippen molar-refractivity contribution in [1.82, 2.24) is 15.2 Å². The molecule has 0 aliphatic carbocycles. The third-order valence-corrected chi connectivity index (χ3v) is 6.05. The number of benzene rings is 1. The first-order valence-electron chi connectivity index (χ1n) is 8.50. The van der Waals surface area contributed by atoms with Crippen LogP contribution < -0.4 is 14.4 Å². The molecule has 1 N–H and O–H groups in total. The van der Waals surface area contributed by atoms with E-state index in [1.54, 1.807) is 29.9 Å². The zero-order valence-corrected chi connectivity index (χ0v) is 16.3. The molecule has 1 saturated heterocycles. The minimum Gasteiger partial charge on any atom is -0.507 e. The van der Waals surface area contributed by atoms with Gasteiger partial charge in [-0.05, 0) is 18.2 Å². The second-order valence-corrected chi connectivity index (χ2v) is 7.88. The molecule has 2 aromatic heterocycles. The lowest BCUT2D eigenvalue weighted by atomic mass is 10.00. The molecule has 1 atom stereocenters. The van der Waals surface area contributed by atoms with Crippen LogP contribution in [0.1, 0.15) is 16.5 Å². The summed E-state index contributed by atoms with van der Waals surface area (Å²) in [6.45, 7) is 0.830. The van der Waals surface area contributed by atoms with Gasteiger partial charge in [0.15, 0.2) is 11.5 Å². The SMILES string of the molecule is O=C1C(=O)N(c2nncs2)C(c2cncs2)/C1=C(\O)c1ccc2c(c1)OCCO2. The summed E-state index contributed by atoms with van der Waals surface area (Å²) in [7, 11) is 0. The maximum absolute atomic E-state index is 12.9. The van der Waals surface area contributed by atoms with Crippen LogP contribution in [0.3, 0.4) is 0 Å². The van der Waals surface area contributed by atoms with E-state index in [1.165, 1.54) is 21.7 Å². The van der Waals surface area contributed by atoms with Gasteiger partial charge in [-0.2, -0.15) is 0 Å². The van der Waals surface area contributed by atoms with Gasteiger partial charge in [0.05, 0.1) is 16.0 Å². The molecule has 1 unspecified atom stereocenters. The fourth-order valence-electron chi connectivity index (χ4n) is 3.28. The smallest absolute Gasteiger partial charge is 0.301 e. The predicted molar refractivity (Wildman–Crippen MR) is 104 cm³/mol. The normalized spacial score (nSPS) is 20.3. The lowest BCUT2D eigenvalue weighted by Gasteiger charge is -2.21. The van der Waals surface area contributed by atoms with E-state index >= 15 is 0 Å². The van der Waals surface area contributed by atoms with Crippen LogP contribution in [-0.2, 0) is 9.59 Å². The molecule has 146 valence electrons. The summed E-state index contributed by atoms with van der Waals surface area (Å²) in [6, 6.07) is 4.02. The number of nitrogens with zero attached hydrogens (tertiary/aromatic N) is 4. The van der Waals surface area contributed by atoms with Crippen LogP contribution in [0.4, 0.5) is 5.13 Å². The third kappa shape index (κ3) is 2.86. The molecule has 0 spiro atoms. The van der Waals surface area contributed by atoms with E-state index in [-0.39, 0.29) is 16.5 Å². The Morgan fingerprint density at radius 3 is 2.69 bits per heavy atom. The van der Waals surface area contributed by atoms with E-state index in [1.807, 2.05) is 0 Å². The van der Waals surface area contributed by atoms with Crippen molar-refractivity contribution in [2.24, 2.45) is 0 Å². The van der Waals surface area contributed by atoms with Gasteiger partial charge < -0.3 is 14.6 Å². The average Bonchev–Trinajstić information content (AvgIpc) is 3.49. The summed E-state index contributed by atoms with van der Waals surface area (Å²) in [4.78, 5) is 31.6. The van der Waals surface area contributed by atoms with E-state index in [9.17, 15) is 14.7 Å². The van der Waals surface area contributed by atoms with Gasteiger partial charge in [0.2, 0.25) is 5.13 Å². The van der Waals surface area contributed by atoms with Crippen molar-refractivity contribution in [2.75, 3.05) is 18.1 Å². The number of carbonyl (C=O) groups is 2. The summed E-state index contributed by atoms with van der Waals surface area (Å²) >= 11 is 2.40. The van der Waals surface area contributed by atoms with Crippen molar-refractivity contribution < 1.29 is 24.2 Å². The molecule has 0 radical (unpaired) electrons. The Bertz CT molecular complexity index is 1130. The van der Waals surface area contributed by atoms with E-state index in [2.05, 4.69) is 15.2 Å². The molecule has 5 rings (SSSR count). The Kier molecular flexibility index (Phi) is 4.25. The number of Topliss-reactive ketones (excluding diaryl/α,β-unsaturated/α-hetero) is 1. The Balaban J connectivity index is 1.67. The summed E-state index contributed by atoms with van der Waals surface area (Å²) in [5.41, 5.74) is 3.38. The zero-order chi connectivity index (χ0) is 20.0. The molecule has 0 saturated carbocycles. The molecule has 9 nitrogen and oxygen atoms in total. The van der Waals surface area contributed by atoms with Crippen LogP contribution in [0.15, 0.2) is 41.0 Å². The highest BCUT2D eigenvalue weighted by Gasteiger charge is 2.48. The molecule has 2 aliphatic rings. The molecular weight excluding hydrogens is 416 g/mol. The largest absolute Gasteiger partial charge is 0.507 e. The third-order valence-electron chi connectivity index (χ3n) is 4.54. The van der Waals surface area contributed by atoms with Crippen molar-refractivity contribution in [3.05, 3.63) is 51.4 Å². The number of thiazole rings is 1. The van der Waals surface area contributed by atoms with E-state index in [0.717, 1.165) is 11.3 Å². The average molecular weight is 428 g/mol. The van der Waals surface area contributed by atoms with Crippen LogP contribution >= 0.6 is 22.7 Å². The number of aliphatic hydroxyl groups excluding tert-OH is 1. The molecule has 4 heterocycles. The Morgan fingerprint density at radius 2 is 1.97 bits per heavy atom. The van der Waals surface area contributed by atoms with Gasteiger partial charge >= 0.3 is 5.91 Å². The Hall–Kier alpha value is -3.31. The van der Waals surface area contributed by atoms with E-state index < -0.39 is 17.7 Å². The minimum absolute atomic E-state index is 0.0360. The van der Waals surface area contributed by atoms with Crippen molar-refractivity contribution in [3.8, 4) is 11.5 Å². The first-order chi connectivity index (χ1) is 14.1. The molecule has 2 aliphatic heterocycles. The van der Waals surface area contributed by atoms with Gasteiger partial charge in [-0.3, -0.25) is 19.5 Å². The van der Waals surface area contributed by atoms with Crippen LogP contribution in [0, 0.1) is 0 Å². The van der Waals surface area contributed by atoms with Crippen LogP contribution in [0.25, 0.3) is 5.76 Å². The van der Waals surface area contributed by atoms with Gasteiger partial charge in [-0.25, -0.2) is 0 Å². The monoisotopic (exact) mass is 428 g/mol. The molecule has 1 aromatic carbocycles. The first kappa shape index (κ1) is 17.8. The number of rotatable bonds is 3. The number of hydrogen-bond acceptors (Lipinski definition) is 10. The van der Waals surface area contributed by atoms with E-state index in [4.69, 9.17) is 9.47 Å². The van der Waals surface area contributed by atoms with Gasteiger partial charge in [0.1, 0.15) is 30.5 Å². The number of aliphatic hydroxyl groups is 1. The topological polar surface area (TPSA) is 115 Å². The zero-order valence-electron chi connectivity index (χ0n) is 14.6. The predicted octanol–water partition coefficient (Wildman–Crippen LogP) is 2.39. The van der Waals surface area contributed by atoms with Crippen molar-refractivity contribution in [3.63, 3.8) is 0 Å². The van der Waals surface area contributed by atoms with Crippen molar-refractivity contribution in [2.45, 2.75) is 6.04 Å². The standard InChI is InChI=1S/C18H12N4O5S2/c23-15(9-1-2-10-11(5-9)27-4-3-26-10)13-14(12-6-19-7-28-12)22(17(25)16(13)24)18-21-20-8-29-18/h1-2,5-8,14,23H,3-4H2/b15-13+. The molecule has 1 amide bonds. The summed E-state index contributed by atoms with van der Waals surface area (Å²) in [5.74, 6) is -0.856. The van der Waals surface area contributed by atoms with Gasteiger partial charge in [0.25, 0.3) is 5.78 Å².